The SMILES string of the molecule is [2H]c1cc(I)ccn1. The van der Waals surface area contributed by atoms with Gasteiger partial charge in [-0.1, -0.05) is 0 Å². The van der Waals surface area contributed by atoms with Crippen molar-refractivity contribution in [3.63, 3.8) is 0 Å². The van der Waals surface area contributed by atoms with Gasteiger partial charge in [0.2, 0.25) is 0 Å². The molecular formula is C5H4IN. The fourth-order valence-corrected chi connectivity index (χ4v) is 0.599. The Morgan fingerprint density at radius 1 is 1.71 bits per heavy atom. The van der Waals surface area contributed by atoms with Gasteiger partial charge in [0, 0.05) is 15.9 Å². The molecule has 36 valence electrons. The highest BCUT2D eigenvalue weighted by Crippen LogP contribution is 1.97. The minimum atomic E-state index is 0.330. The first kappa shape index (κ1) is 3.83. The maximum absolute atomic E-state index is 7.02. The third-order valence-corrected chi connectivity index (χ3v) is 1.26. The third-order valence-electron chi connectivity index (χ3n) is 0.585. The van der Waals surface area contributed by atoms with E-state index in [0.29, 0.717) is 6.17 Å². The van der Waals surface area contributed by atoms with Crippen molar-refractivity contribution in [3.8, 4) is 0 Å². The van der Waals surface area contributed by atoms with Crippen molar-refractivity contribution in [3.05, 3.63) is 28.1 Å². The number of hydrogen-bond donors (Lipinski definition) is 0. The summed E-state index contributed by atoms with van der Waals surface area (Å²) in [5.74, 6) is 0. The molecule has 1 aromatic heterocycles. The van der Waals surface area contributed by atoms with Crippen LogP contribution in [0.2, 0.25) is 0 Å². The molecule has 1 aromatic rings. The summed E-state index contributed by atoms with van der Waals surface area (Å²) in [4.78, 5) is 3.70. The van der Waals surface area contributed by atoms with Gasteiger partial charge in [-0.25, -0.2) is 0 Å². The molecule has 0 N–H and O–H groups in total. The lowest BCUT2D eigenvalue weighted by Crippen LogP contribution is -1.67. The largest absolute Gasteiger partial charge is 0.265 e. The van der Waals surface area contributed by atoms with Gasteiger partial charge in [0.15, 0.2) is 0 Å². The van der Waals surface area contributed by atoms with Gasteiger partial charge in [0.1, 0.15) is 0 Å². The number of halogens is 1. The molecule has 1 nitrogen and oxygen atoms in total. The summed E-state index contributed by atoms with van der Waals surface area (Å²) in [6.45, 7) is 0. The smallest absolute Gasteiger partial charge is 0.0840 e. The van der Waals surface area contributed by atoms with Crippen molar-refractivity contribution < 1.29 is 1.37 Å². The van der Waals surface area contributed by atoms with Crippen LogP contribution in [-0.2, 0) is 0 Å². The maximum Gasteiger partial charge on any atom is 0.0840 e. The first-order valence-corrected chi connectivity index (χ1v) is 2.95. The quantitative estimate of drug-likeness (QED) is 0.588. The predicted octanol–water partition coefficient (Wildman–Crippen LogP) is 1.69. The van der Waals surface area contributed by atoms with Crippen LogP contribution in [0.5, 0.6) is 0 Å². The summed E-state index contributed by atoms with van der Waals surface area (Å²) < 4.78 is 8.08. The van der Waals surface area contributed by atoms with Crippen LogP contribution in [0.1, 0.15) is 1.37 Å². The van der Waals surface area contributed by atoms with E-state index in [1.165, 1.54) is 0 Å². The third kappa shape index (κ3) is 1.43. The van der Waals surface area contributed by atoms with E-state index in [1.807, 2.05) is 6.07 Å². The van der Waals surface area contributed by atoms with Crippen LogP contribution in [0.15, 0.2) is 24.5 Å². The summed E-state index contributed by atoms with van der Waals surface area (Å²) in [6.07, 6.45) is 1.96. The zero-order valence-electron chi connectivity index (χ0n) is 4.56. The fraction of sp³-hybridized carbons (Fsp3) is 0. The van der Waals surface area contributed by atoms with E-state index in [1.54, 1.807) is 12.3 Å². The zero-order valence-corrected chi connectivity index (χ0v) is 5.71. The van der Waals surface area contributed by atoms with Crippen LogP contribution >= 0.6 is 22.6 Å². The van der Waals surface area contributed by atoms with Crippen LogP contribution in [0.25, 0.3) is 0 Å². The van der Waals surface area contributed by atoms with E-state index < -0.39 is 0 Å². The van der Waals surface area contributed by atoms with Crippen molar-refractivity contribution in [2.45, 2.75) is 0 Å². The van der Waals surface area contributed by atoms with Crippen LogP contribution in [-0.4, -0.2) is 4.98 Å². The standard InChI is InChI=1S/C5H4IN/c6-5-1-3-7-4-2-5/h1-4H/i3D. The van der Waals surface area contributed by atoms with E-state index >= 15 is 0 Å². The van der Waals surface area contributed by atoms with Crippen molar-refractivity contribution in [1.82, 2.24) is 4.98 Å². The molecule has 0 aliphatic heterocycles. The number of pyridine rings is 1. The molecule has 1 rings (SSSR count). The van der Waals surface area contributed by atoms with Crippen molar-refractivity contribution in [2.75, 3.05) is 0 Å². The molecule has 1 heterocycles. The van der Waals surface area contributed by atoms with Gasteiger partial charge in [-0.15, -0.1) is 0 Å². The first-order chi connectivity index (χ1) is 3.79. The summed E-state index contributed by atoms with van der Waals surface area (Å²) in [5, 5.41) is 0. The summed E-state index contributed by atoms with van der Waals surface area (Å²) in [5.41, 5.74) is 0. The van der Waals surface area contributed by atoms with Gasteiger partial charge in [0.05, 0.1) is 1.37 Å². The Morgan fingerprint density at radius 3 is 3.00 bits per heavy atom. The Hall–Kier alpha value is -0.120. The van der Waals surface area contributed by atoms with Gasteiger partial charge >= 0.3 is 0 Å². The summed E-state index contributed by atoms with van der Waals surface area (Å²) in [6, 6.07) is 3.57. The Morgan fingerprint density at radius 2 is 2.57 bits per heavy atom. The van der Waals surface area contributed by atoms with Crippen molar-refractivity contribution in [1.29, 1.82) is 0 Å². The van der Waals surface area contributed by atoms with E-state index in [9.17, 15) is 0 Å². The second-order valence-corrected chi connectivity index (χ2v) is 2.35. The van der Waals surface area contributed by atoms with E-state index in [-0.39, 0.29) is 0 Å². The van der Waals surface area contributed by atoms with Crippen LogP contribution in [0, 0.1) is 3.57 Å². The molecule has 0 aromatic carbocycles. The molecule has 0 amide bonds. The normalized spacial score (nSPS) is 10.7. The number of hydrogen-bond acceptors (Lipinski definition) is 1. The van der Waals surface area contributed by atoms with Gasteiger partial charge in [-0.2, -0.15) is 0 Å². The van der Waals surface area contributed by atoms with Crippen LogP contribution < -0.4 is 0 Å². The maximum atomic E-state index is 7.02. The number of rotatable bonds is 0. The first-order valence-electron chi connectivity index (χ1n) is 2.37. The average Bonchev–Trinajstić information content (AvgIpc) is 1.64. The molecule has 0 aliphatic rings. The second-order valence-electron chi connectivity index (χ2n) is 1.10. The Balaban J connectivity index is 3.08. The molecule has 0 aliphatic carbocycles. The van der Waals surface area contributed by atoms with Crippen molar-refractivity contribution >= 4 is 22.6 Å². The predicted molar refractivity (Wildman–Crippen MR) is 37.0 cm³/mol. The molecule has 7 heavy (non-hydrogen) atoms. The minimum absolute atomic E-state index is 0.330. The topological polar surface area (TPSA) is 12.9 Å². The lowest BCUT2D eigenvalue weighted by molar-refractivity contribution is 1.32. The average molecular weight is 206 g/mol. The zero-order chi connectivity index (χ0) is 5.98. The molecule has 0 fully saturated rings. The van der Waals surface area contributed by atoms with E-state index in [4.69, 9.17) is 1.37 Å². The molecule has 0 saturated heterocycles. The highest BCUT2D eigenvalue weighted by atomic mass is 127. The molecule has 0 bridgehead atoms. The molecule has 0 unspecified atom stereocenters. The monoisotopic (exact) mass is 206 g/mol. The molecule has 0 saturated carbocycles. The highest BCUT2D eigenvalue weighted by Gasteiger charge is 1.75. The molecule has 0 atom stereocenters. The molecule has 2 heteroatoms. The lowest BCUT2D eigenvalue weighted by atomic mass is 10.5. The molecule has 0 radical (unpaired) electrons. The van der Waals surface area contributed by atoms with Crippen LogP contribution in [0.3, 0.4) is 0 Å². The molecule has 0 spiro atoms. The Kier molecular flexibility index (Phi) is 1.23. The summed E-state index contributed by atoms with van der Waals surface area (Å²) >= 11 is 2.15. The highest BCUT2D eigenvalue weighted by molar-refractivity contribution is 14.1. The van der Waals surface area contributed by atoms with Gasteiger partial charge < -0.3 is 0 Å². The fourth-order valence-electron chi connectivity index (χ4n) is 0.299. The lowest BCUT2D eigenvalue weighted by Gasteiger charge is -1.80. The molecular weight excluding hydrogens is 201 g/mol. The van der Waals surface area contributed by atoms with E-state index in [0.717, 1.165) is 3.57 Å². The Bertz CT molecular complexity index is 172. The number of aromatic nitrogens is 1. The van der Waals surface area contributed by atoms with Crippen molar-refractivity contribution in [2.24, 2.45) is 0 Å². The van der Waals surface area contributed by atoms with E-state index in [2.05, 4.69) is 27.6 Å². The van der Waals surface area contributed by atoms with Gasteiger partial charge in [0.25, 0.3) is 0 Å². The van der Waals surface area contributed by atoms with Crippen LogP contribution in [0.4, 0.5) is 0 Å². The Labute approximate surface area is 57.3 Å². The summed E-state index contributed by atoms with van der Waals surface area (Å²) in [7, 11) is 0. The van der Waals surface area contributed by atoms with Gasteiger partial charge in [-0.3, -0.25) is 4.98 Å². The van der Waals surface area contributed by atoms with Gasteiger partial charge in [-0.05, 0) is 34.7 Å². The number of nitrogens with zero attached hydrogens (tertiary/aromatic N) is 1. The minimum Gasteiger partial charge on any atom is -0.265 e. The second kappa shape index (κ2) is 2.26.